The Balaban J connectivity index is 1.90. The van der Waals surface area contributed by atoms with E-state index in [2.05, 4.69) is 10.0 Å². The second kappa shape index (κ2) is 7.63. The van der Waals surface area contributed by atoms with Crippen molar-refractivity contribution >= 4 is 27.3 Å². The van der Waals surface area contributed by atoms with E-state index in [4.69, 9.17) is 0 Å². The first-order valence-electron chi connectivity index (χ1n) is 8.38. The standard InChI is InChI=1S/C21H20N2O3S/c1-15-12-13-17(14-20(15)23-27(2,25)26)22-21(24)19-11-7-6-10-18(19)16-8-4-3-5-9-16/h3-14,23H,1-2H3,(H,22,24). The van der Waals surface area contributed by atoms with E-state index in [1.165, 1.54) is 0 Å². The Morgan fingerprint density at radius 1 is 0.889 bits per heavy atom. The van der Waals surface area contributed by atoms with Gasteiger partial charge in [0.2, 0.25) is 10.0 Å². The monoisotopic (exact) mass is 380 g/mol. The highest BCUT2D eigenvalue weighted by Crippen LogP contribution is 2.26. The van der Waals surface area contributed by atoms with Gasteiger partial charge in [-0.1, -0.05) is 54.6 Å². The first-order chi connectivity index (χ1) is 12.8. The molecule has 3 aromatic carbocycles. The molecule has 6 heteroatoms. The van der Waals surface area contributed by atoms with Gasteiger partial charge in [-0.2, -0.15) is 0 Å². The number of anilines is 2. The fourth-order valence-electron chi connectivity index (χ4n) is 2.76. The average Bonchev–Trinajstić information content (AvgIpc) is 2.64. The minimum Gasteiger partial charge on any atom is -0.322 e. The molecule has 138 valence electrons. The summed E-state index contributed by atoms with van der Waals surface area (Å²) >= 11 is 0. The minimum atomic E-state index is -3.40. The van der Waals surface area contributed by atoms with Crippen molar-refractivity contribution in [3.63, 3.8) is 0 Å². The molecule has 5 nitrogen and oxygen atoms in total. The molecule has 0 saturated heterocycles. The Labute approximate surface area is 159 Å². The summed E-state index contributed by atoms with van der Waals surface area (Å²) in [5.74, 6) is -0.261. The molecule has 0 radical (unpaired) electrons. The second-order valence-electron chi connectivity index (χ2n) is 6.27. The van der Waals surface area contributed by atoms with E-state index in [1.807, 2.05) is 48.5 Å². The summed E-state index contributed by atoms with van der Waals surface area (Å²) < 4.78 is 25.5. The van der Waals surface area contributed by atoms with Crippen LogP contribution in [-0.2, 0) is 10.0 Å². The lowest BCUT2D eigenvalue weighted by Crippen LogP contribution is -2.14. The fourth-order valence-corrected chi connectivity index (χ4v) is 3.38. The van der Waals surface area contributed by atoms with E-state index in [0.717, 1.165) is 22.9 Å². The Hall–Kier alpha value is -3.12. The summed E-state index contributed by atoms with van der Waals surface area (Å²) in [6.45, 7) is 1.80. The molecule has 3 rings (SSSR count). The number of carbonyl (C=O) groups is 1. The number of sulfonamides is 1. The first kappa shape index (κ1) is 18.7. The predicted octanol–water partition coefficient (Wildman–Crippen LogP) is 4.29. The van der Waals surface area contributed by atoms with Gasteiger partial charge < -0.3 is 5.32 Å². The Kier molecular flexibility index (Phi) is 5.28. The minimum absolute atomic E-state index is 0.261. The highest BCUT2D eigenvalue weighted by molar-refractivity contribution is 7.92. The van der Waals surface area contributed by atoms with Crippen molar-refractivity contribution in [3.05, 3.63) is 83.9 Å². The van der Waals surface area contributed by atoms with Crippen molar-refractivity contribution in [1.29, 1.82) is 0 Å². The average molecular weight is 380 g/mol. The largest absolute Gasteiger partial charge is 0.322 e. The van der Waals surface area contributed by atoms with Gasteiger partial charge in [0.15, 0.2) is 0 Å². The van der Waals surface area contributed by atoms with Gasteiger partial charge >= 0.3 is 0 Å². The van der Waals surface area contributed by atoms with Gasteiger partial charge in [0, 0.05) is 11.3 Å². The molecule has 0 atom stereocenters. The van der Waals surface area contributed by atoms with E-state index in [1.54, 1.807) is 31.2 Å². The second-order valence-corrected chi connectivity index (χ2v) is 8.02. The number of carbonyl (C=O) groups excluding carboxylic acids is 1. The molecule has 0 aliphatic heterocycles. The van der Waals surface area contributed by atoms with Crippen molar-refractivity contribution in [2.24, 2.45) is 0 Å². The van der Waals surface area contributed by atoms with Crippen LogP contribution in [0.25, 0.3) is 11.1 Å². The zero-order valence-electron chi connectivity index (χ0n) is 15.1. The molecule has 0 fully saturated rings. The molecule has 0 spiro atoms. The van der Waals surface area contributed by atoms with Crippen LogP contribution in [0.4, 0.5) is 11.4 Å². The zero-order valence-corrected chi connectivity index (χ0v) is 15.9. The lowest BCUT2D eigenvalue weighted by Gasteiger charge is -2.13. The third-order valence-electron chi connectivity index (χ3n) is 4.05. The Bertz CT molecular complexity index is 1080. The van der Waals surface area contributed by atoms with E-state index < -0.39 is 10.0 Å². The summed E-state index contributed by atoms with van der Waals surface area (Å²) in [6.07, 6.45) is 1.09. The van der Waals surface area contributed by atoms with Crippen LogP contribution >= 0.6 is 0 Å². The maximum Gasteiger partial charge on any atom is 0.256 e. The number of aryl methyl sites for hydroxylation is 1. The van der Waals surface area contributed by atoms with Gasteiger partial charge in [-0.25, -0.2) is 8.42 Å². The molecule has 1 amide bonds. The molecule has 0 heterocycles. The van der Waals surface area contributed by atoms with Gasteiger partial charge in [-0.15, -0.1) is 0 Å². The lowest BCUT2D eigenvalue weighted by molar-refractivity contribution is 0.102. The van der Waals surface area contributed by atoms with Crippen molar-refractivity contribution in [1.82, 2.24) is 0 Å². The topological polar surface area (TPSA) is 75.3 Å². The number of benzene rings is 3. The smallest absolute Gasteiger partial charge is 0.256 e. The quantitative estimate of drug-likeness (QED) is 0.693. The maximum absolute atomic E-state index is 12.8. The molecule has 27 heavy (non-hydrogen) atoms. The highest BCUT2D eigenvalue weighted by atomic mass is 32.2. The van der Waals surface area contributed by atoms with Crippen molar-refractivity contribution < 1.29 is 13.2 Å². The van der Waals surface area contributed by atoms with Crippen LogP contribution < -0.4 is 10.0 Å². The molecular weight excluding hydrogens is 360 g/mol. The number of hydrogen-bond acceptors (Lipinski definition) is 3. The third kappa shape index (κ3) is 4.74. The van der Waals surface area contributed by atoms with Gasteiger partial charge in [0.1, 0.15) is 0 Å². The van der Waals surface area contributed by atoms with Crippen LogP contribution in [0.2, 0.25) is 0 Å². The van der Waals surface area contributed by atoms with Crippen molar-refractivity contribution in [2.45, 2.75) is 6.92 Å². The maximum atomic E-state index is 12.8. The molecule has 2 N–H and O–H groups in total. The van der Waals surface area contributed by atoms with Crippen LogP contribution in [0.1, 0.15) is 15.9 Å². The summed E-state index contributed by atoms with van der Waals surface area (Å²) in [6, 6.07) is 22.1. The number of nitrogens with one attached hydrogen (secondary N) is 2. The Morgan fingerprint density at radius 2 is 1.56 bits per heavy atom. The van der Waals surface area contributed by atoms with E-state index in [0.29, 0.717) is 16.9 Å². The van der Waals surface area contributed by atoms with E-state index in [-0.39, 0.29) is 5.91 Å². The van der Waals surface area contributed by atoms with Gasteiger partial charge in [-0.3, -0.25) is 9.52 Å². The SMILES string of the molecule is Cc1ccc(NC(=O)c2ccccc2-c2ccccc2)cc1NS(C)(=O)=O. The molecule has 0 aromatic heterocycles. The molecule has 0 bridgehead atoms. The molecule has 0 saturated carbocycles. The highest BCUT2D eigenvalue weighted by Gasteiger charge is 2.13. The third-order valence-corrected chi connectivity index (χ3v) is 4.64. The Morgan fingerprint density at radius 3 is 2.26 bits per heavy atom. The molecule has 0 unspecified atom stereocenters. The van der Waals surface area contributed by atoms with E-state index >= 15 is 0 Å². The van der Waals surface area contributed by atoms with Crippen molar-refractivity contribution in [2.75, 3.05) is 16.3 Å². The molecule has 3 aromatic rings. The van der Waals surface area contributed by atoms with Crippen LogP contribution in [0.5, 0.6) is 0 Å². The number of hydrogen-bond donors (Lipinski definition) is 2. The summed E-state index contributed by atoms with van der Waals surface area (Å²) in [7, 11) is -3.40. The fraction of sp³-hybridized carbons (Fsp3) is 0.0952. The lowest BCUT2D eigenvalue weighted by atomic mass is 9.99. The van der Waals surface area contributed by atoms with Gasteiger partial charge in [-0.05, 0) is 41.8 Å². The predicted molar refractivity (Wildman–Crippen MR) is 109 cm³/mol. The zero-order chi connectivity index (χ0) is 19.4. The first-order valence-corrected chi connectivity index (χ1v) is 10.3. The van der Waals surface area contributed by atoms with Crippen LogP contribution in [0.3, 0.4) is 0 Å². The van der Waals surface area contributed by atoms with Crippen LogP contribution in [0.15, 0.2) is 72.8 Å². The molecule has 0 aliphatic carbocycles. The van der Waals surface area contributed by atoms with Crippen LogP contribution in [0, 0.1) is 6.92 Å². The van der Waals surface area contributed by atoms with Crippen molar-refractivity contribution in [3.8, 4) is 11.1 Å². The number of rotatable bonds is 5. The molecule has 0 aliphatic rings. The molecular formula is C21H20N2O3S. The summed E-state index contributed by atoms with van der Waals surface area (Å²) in [5.41, 5.74) is 4.04. The normalized spacial score (nSPS) is 11.0. The summed E-state index contributed by atoms with van der Waals surface area (Å²) in [4.78, 5) is 12.8. The van der Waals surface area contributed by atoms with Crippen LogP contribution in [-0.4, -0.2) is 20.6 Å². The summed E-state index contributed by atoms with van der Waals surface area (Å²) in [5, 5.41) is 2.85. The van der Waals surface area contributed by atoms with Gasteiger partial charge in [0.05, 0.1) is 11.9 Å². The van der Waals surface area contributed by atoms with Gasteiger partial charge in [0.25, 0.3) is 5.91 Å². The van der Waals surface area contributed by atoms with E-state index in [9.17, 15) is 13.2 Å². The number of amides is 1.